The number of carbonyl (C=O) groups is 1. The number of fused-ring (bicyclic) bond motifs is 1. The Morgan fingerprint density at radius 3 is 2.54 bits per heavy atom. The molecule has 0 saturated heterocycles. The van der Waals surface area contributed by atoms with Crippen molar-refractivity contribution in [3.8, 4) is 11.4 Å². The van der Waals surface area contributed by atoms with Crippen LogP contribution in [0.15, 0.2) is 42.6 Å². The van der Waals surface area contributed by atoms with Crippen LogP contribution in [0.25, 0.3) is 22.3 Å². The van der Waals surface area contributed by atoms with E-state index in [0.29, 0.717) is 24.4 Å². The molecule has 0 unspecified atom stereocenters. The molecule has 3 aromatic heterocycles. The molecule has 1 aromatic carbocycles. The van der Waals surface area contributed by atoms with Gasteiger partial charge in [0.1, 0.15) is 5.82 Å². The van der Waals surface area contributed by atoms with E-state index in [1.165, 1.54) is 0 Å². The fourth-order valence-electron chi connectivity index (χ4n) is 4.63. The number of ether oxygens (including phenoxy) is 1. The average Bonchev–Trinajstić information content (AvgIpc) is 3.27. The molecule has 206 valence electrons. The number of nitrogens with one attached hydrogen (secondary N) is 1. The molecule has 1 amide bonds. The van der Waals surface area contributed by atoms with Gasteiger partial charge < -0.3 is 24.4 Å². The summed E-state index contributed by atoms with van der Waals surface area (Å²) in [5.74, 6) is 0.906. The summed E-state index contributed by atoms with van der Waals surface area (Å²) in [6, 6.07) is 11.8. The topological polar surface area (TPSA) is 88.4 Å². The molecule has 1 N–H and O–H groups in total. The Bertz CT molecular complexity index is 1460. The first-order valence-electron chi connectivity index (χ1n) is 13.3. The number of anilines is 1. The van der Waals surface area contributed by atoms with E-state index in [0.717, 1.165) is 64.6 Å². The summed E-state index contributed by atoms with van der Waals surface area (Å²) in [5.41, 5.74) is 6.56. The molecule has 3 heterocycles. The Kier molecular flexibility index (Phi) is 8.93. The number of aromatic nitrogens is 4. The SMILES string of the molecule is CCc1ncc(CN(C)C(=O)c2cc(-c3ccc(NCCN(C)C)c(C)n3)nc3ccc(COC)cc23)n1C. The Balaban J connectivity index is 1.71. The molecule has 0 aliphatic heterocycles. The lowest BCUT2D eigenvalue weighted by atomic mass is 10.0. The van der Waals surface area contributed by atoms with Crippen LogP contribution >= 0.6 is 0 Å². The molecule has 9 heteroatoms. The van der Waals surface area contributed by atoms with E-state index in [1.807, 2.05) is 63.6 Å². The first-order chi connectivity index (χ1) is 18.7. The molecule has 0 aliphatic rings. The van der Waals surface area contributed by atoms with Crippen molar-refractivity contribution in [1.82, 2.24) is 29.3 Å². The summed E-state index contributed by atoms with van der Waals surface area (Å²) >= 11 is 0. The lowest BCUT2D eigenvalue weighted by Gasteiger charge is -2.20. The van der Waals surface area contributed by atoms with Crippen molar-refractivity contribution in [1.29, 1.82) is 0 Å². The number of pyridine rings is 2. The fraction of sp³-hybridized carbons (Fsp3) is 0.400. The first kappa shape index (κ1) is 28.2. The highest BCUT2D eigenvalue weighted by Gasteiger charge is 2.20. The maximum Gasteiger partial charge on any atom is 0.254 e. The predicted octanol–water partition coefficient (Wildman–Crippen LogP) is 4.29. The van der Waals surface area contributed by atoms with E-state index in [1.54, 1.807) is 12.0 Å². The average molecular weight is 530 g/mol. The third kappa shape index (κ3) is 6.43. The van der Waals surface area contributed by atoms with E-state index < -0.39 is 0 Å². The molecule has 39 heavy (non-hydrogen) atoms. The molecule has 4 rings (SSSR count). The van der Waals surface area contributed by atoms with E-state index in [-0.39, 0.29) is 5.91 Å². The minimum Gasteiger partial charge on any atom is -0.382 e. The summed E-state index contributed by atoms with van der Waals surface area (Å²) < 4.78 is 7.40. The zero-order valence-electron chi connectivity index (χ0n) is 24.1. The van der Waals surface area contributed by atoms with Gasteiger partial charge in [0.25, 0.3) is 5.91 Å². The molecular weight excluding hydrogens is 490 g/mol. The molecule has 0 spiro atoms. The second kappa shape index (κ2) is 12.4. The third-order valence-corrected chi connectivity index (χ3v) is 6.88. The molecule has 0 radical (unpaired) electrons. The summed E-state index contributed by atoms with van der Waals surface area (Å²) in [6.07, 6.45) is 2.68. The number of amides is 1. The molecule has 0 saturated carbocycles. The molecule has 0 atom stereocenters. The number of benzene rings is 1. The van der Waals surface area contributed by atoms with Gasteiger partial charge in [-0.15, -0.1) is 0 Å². The van der Waals surface area contributed by atoms with Gasteiger partial charge in [-0.05, 0) is 56.9 Å². The Morgan fingerprint density at radius 2 is 1.87 bits per heavy atom. The Labute approximate surface area is 230 Å². The van der Waals surface area contributed by atoms with Crippen molar-refractivity contribution in [2.45, 2.75) is 33.4 Å². The predicted molar refractivity (Wildman–Crippen MR) is 156 cm³/mol. The minimum absolute atomic E-state index is 0.0869. The number of rotatable bonds is 11. The van der Waals surface area contributed by atoms with Gasteiger partial charge in [0.2, 0.25) is 0 Å². The molecule has 9 nitrogen and oxygen atoms in total. The van der Waals surface area contributed by atoms with Crippen LogP contribution in [0.1, 0.15) is 40.1 Å². The number of aryl methyl sites for hydroxylation is 2. The molecule has 0 aliphatic carbocycles. The fourth-order valence-corrected chi connectivity index (χ4v) is 4.63. The second-order valence-corrected chi connectivity index (χ2v) is 10.1. The Morgan fingerprint density at radius 1 is 1.08 bits per heavy atom. The van der Waals surface area contributed by atoms with Crippen molar-refractivity contribution >= 4 is 22.5 Å². The largest absolute Gasteiger partial charge is 0.382 e. The van der Waals surface area contributed by atoms with Gasteiger partial charge >= 0.3 is 0 Å². The van der Waals surface area contributed by atoms with Crippen molar-refractivity contribution in [2.75, 3.05) is 46.7 Å². The van der Waals surface area contributed by atoms with Gasteiger partial charge in [-0.3, -0.25) is 4.79 Å². The van der Waals surface area contributed by atoms with Crippen LogP contribution in [0.3, 0.4) is 0 Å². The van der Waals surface area contributed by atoms with Gasteiger partial charge in [-0.2, -0.15) is 0 Å². The number of carbonyl (C=O) groups excluding carboxylic acids is 1. The van der Waals surface area contributed by atoms with Crippen molar-refractivity contribution in [3.05, 3.63) is 70.9 Å². The highest BCUT2D eigenvalue weighted by Crippen LogP contribution is 2.28. The molecule has 0 fully saturated rings. The van der Waals surface area contributed by atoms with Crippen LogP contribution in [-0.2, 0) is 31.4 Å². The number of likely N-dealkylation sites (N-methyl/N-ethyl adjacent to an activating group) is 1. The van der Waals surface area contributed by atoms with E-state index in [9.17, 15) is 4.79 Å². The zero-order chi connectivity index (χ0) is 28.1. The lowest BCUT2D eigenvalue weighted by molar-refractivity contribution is 0.0784. The molecule has 0 bridgehead atoms. The van der Waals surface area contributed by atoms with E-state index >= 15 is 0 Å². The number of hydrogen-bond acceptors (Lipinski definition) is 7. The summed E-state index contributed by atoms with van der Waals surface area (Å²) in [7, 11) is 9.58. The van der Waals surface area contributed by atoms with E-state index in [4.69, 9.17) is 14.7 Å². The standard InChI is InChI=1S/C30H39N7O2/c1-8-29-32-17-22(37(29)6)18-36(5)30(38)24-16-28(34-26-10-9-21(19-39-7)15-23(24)26)27-12-11-25(20(2)33-27)31-13-14-35(3)4/h9-12,15-17,31H,8,13-14,18-19H2,1-7H3. The highest BCUT2D eigenvalue weighted by molar-refractivity contribution is 6.07. The van der Waals surface area contributed by atoms with Crippen LogP contribution in [0.2, 0.25) is 0 Å². The van der Waals surface area contributed by atoms with Crippen molar-refractivity contribution < 1.29 is 9.53 Å². The van der Waals surface area contributed by atoms with Gasteiger partial charge in [-0.1, -0.05) is 13.0 Å². The summed E-state index contributed by atoms with van der Waals surface area (Å²) in [6.45, 7) is 6.72. The normalized spacial score (nSPS) is 11.4. The van der Waals surface area contributed by atoms with Crippen LogP contribution < -0.4 is 5.32 Å². The van der Waals surface area contributed by atoms with Gasteiger partial charge in [0.15, 0.2) is 0 Å². The maximum absolute atomic E-state index is 13.9. The monoisotopic (exact) mass is 529 g/mol. The maximum atomic E-state index is 13.9. The molecule has 4 aromatic rings. The molecular formula is C30H39N7O2. The van der Waals surface area contributed by atoms with Gasteiger partial charge in [0, 0.05) is 46.1 Å². The number of nitrogens with zero attached hydrogens (tertiary/aromatic N) is 6. The van der Waals surface area contributed by atoms with Gasteiger partial charge in [0.05, 0.1) is 58.9 Å². The van der Waals surface area contributed by atoms with Crippen LogP contribution in [0, 0.1) is 6.92 Å². The smallest absolute Gasteiger partial charge is 0.254 e. The van der Waals surface area contributed by atoms with Crippen molar-refractivity contribution in [2.24, 2.45) is 7.05 Å². The Hall–Kier alpha value is -3.82. The summed E-state index contributed by atoms with van der Waals surface area (Å²) in [5, 5.41) is 4.24. The van der Waals surface area contributed by atoms with Crippen LogP contribution in [0.4, 0.5) is 5.69 Å². The van der Waals surface area contributed by atoms with Crippen molar-refractivity contribution in [3.63, 3.8) is 0 Å². The van der Waals surface area contributed by atoms with Crippen LogP contribution in [0.5, 0.6) is 0 Å². The number of hydrogen-bond donors (Lipinski definition) is 1. The summed E-state index contributed by atoms with van der Waals surface area (Å²) in [4.78, 5) is 32.0. The highest BCUT2D eigenvalue weighted by atomic mass is 16.5. The lowest BCUT2D eigenvalue weighted by Crippen LogP contribution is -2.27. The zero-order valence-corrected chi connectivity index (χ0v) is 24.1. The van der Waals surface area contributed by atoms with Crippen LogP contribution in [-0.4, -0.2) is 76.6 Å². The van der Waals surface area contributed by atoms with Gasteiger partial charge in [-0.25, -0.2) is 15.0 Å². The number of imidazole rings is 1. The second-order valence-electron chi connectivity index (χ2n) is 10.1. The minimum atomic E-state index is -0.0869. The first-order valence-corrected chi connectivity index (χ1v) is 13.3. The quantitative estimate of drug-likeness (QED) is 0.310. The van der Waals surface area contributed by atoms with E-state index in [2.05, 4.69) is 40.8 Å². The number of methoxy groups -OCH3 is 1. The third-order valence-electron chi connectivity index (χ3n) is 6.88.